The van der Waals surface area contributed by atoms with Gasteiger partial charge in [-0.25, -0.2) is 26.4 Å². The number of primary sulfonamides is 1. The van der Waals surface area contributed by atoms with Crippen molar-refractivity contribution in [3.05, 3.63) is 23.8 Å². The molecule has 0 bridgehead atoms. The summed E-state index contributed by atoms with van der Waals surface area (Å²) >= 11 is 0. The standard InChI is InChI=1S/C11H15F2NO5S2/c1-7(2)20(15,16)6-5-19-8-3-4-9(21(14,17)18)11(13)10(8)12/h3-4,7H,5-6H2,1-2H3,(H2,14,17,18). The van der Waals surface area contributed by atoms with Crippen molar-refractivity contribution in [3.8, 4) is 5.75 Å². The summed E-state index contributed by atoms with van der Waals surface area (Å²) in [4.78, 5) is -0.998. The van der Waals surface area contributed by atoms with E-state index in [1.54, 1.807) is 0 Å². The van der Waals surface area contributed by atoms with Gasteiger partial charge in [0.2, 0.25) is 15.8 Å². The Bertz CT molecular complexity index is 729. The van der Waals surface area contributed by atoms with Crippen LogP contribution in [0.4, 0.5) is 8.78 Å². The van der Waals surface area contributed by atoms with Crippen LogP contribution in [0, 0.1) is 11.6 Å². The molecule has 0 radical (unpaired) electrons. The monoisotopic (exact) mass is 343 g/mol. The van der Waals surface area contributed by atoms with Gasteiger partial charge in [-0.3, -0.25) is 0 Å². The van der Waals surface area contributed by atoms with Crippen LogP contribution < -0.4 is 9.88 Å². The molecule has 1 rings (SSSR count). The van der Waals surface area contributed by atoms with Crippen molar-refractivity contribution >= 4 is 19.9 Å². The van der Waals surface area contributed by atoms with E-state index in [0.717, 1.165) is 12.1 Å². The number of ether oxygens (including phenoxy) is 1. The van der Waals surface area contributed by atoms with E-state index < -0.39 is 47.4 Å². The van der Waals surface area contributed by atoms with Crippen molar-refractivity contribution < 1.29 is 30.4 Å². The Morgan fingerprint density at radius 2 is 1.71 bits per heavy atom. The van der Waals surface area contributed by atoms with E-state index in [1.165, 1.54) is 13.8 Å². The Hall–Kier alpha value is -1.26. The number of benzene rings is 1. The molecule has 0 aromatic heterocycles. The lowest BCUT2D eigenvalue weighted by Crippen LogP contribution is -2.22. The molecule has 0 aliphatic heterocycles. The quantitative estimate of drug-likeness (QED) is 0.823. The maximum Gasteiger partial charge on any atom is 0.241 e. The smallest absolute Gasteiger partial charge is 0.241 e. The minimum absolute atomic E-state index is 0.372. The summed E-state index contributed by atoms with van der Waals surface area (Å²) in [6.45, 7) is 2.58. The minimum Gasteiger partial charge on any atom is -0.489 e. The molecule has 0 saturated carbocycles. The Morgan fingerprint density at radius 3 is 2.19 bits per heavy atom. The Balaban J connectivity index is 2.91. The molecule has 0 amide bonds. The summed E-state index contributed by atoms with van der Waals surface area (Å²) in [6.07, 6.45) is 0. The zero-order chi connectivity index (χ0) is 16.4. The number of hydrogen-bond acceptors (Lipinski definition) is 5. The molecule has 0 aliphatic rings. The molecule has 0 fully saturated rings. The van der Waals surface area contributed by atoms with Crippen LogP contribution in [-0.2, 0) is 19.9 Å². The molecular formula is C11H15F2NO5S2. The number of rotatable bonds is 6. The number of hydrogen-bond donors (Lipinski definition) is 1. The first kappa shape index (κ1) is 17.8. The van der Waals surface area contributed by atoms with Gasteiger partial charge in [0.25, 0.3) is 0 Å². The van der Waals surface area contributed by atoms with Crippen LogP contribution in [0.2, 0.25) is 0 Å². The molecule has 6 nitrogen and oxygen atoms in total. The molecule has 21 heavy (non-hydrogen) atoms. The molecule has 1 aromatic carbocycles. The van der Waals surface area contributed by atoms with Gasteiger partial charge in [-0.1, -0.05) is 0 Å². The van der Waals surface area contributed by atoms with E-state index >= 15 is 0 Å². The van der Waals surface area contributed by atoms with Crippen LogP contribution >= 0.6 is 0 Å². The summed E-state index contributed by atoms with van der Waals surface area (Å²) < 4.78 is 77.0. The second-order valence-electron chi connectivity index (χ2n) is 4.50. The predicted octanol–water partition coefficient (Wildman–Crippen LogP) is 0.814. The highest BCUT2D eigenvalue weighted by molar-refractivity contribution is 7.92. The third-order valence-corrected chi connectivity index (χ3v) is 5.76. The highest BCUT2D eigenvalue weighted by Gasteiger charge is 2.22. The van der Waals surface area contributed by atoms with Crippen LogP contribution in [0.25, 0.3) is 0 Å². The average Bonchev–Trinajstić information content (AvgIpc) is 2.32. The van der Waals surface area contributed by atoms with Gasteiger partial charge in [0.15, 0.2) is 21.4 Å². The average molecular weight is 343 g/mol. The minimum atomic E-state index is -4.39. The van der Waals surface area contributed by atoms with Gasteiger partial charge in [0.05, 0.1) is 11.0 Å². The summed E-state index contributed by atoms with van der Waals surface area (Å²) in [5.74, 6) is -4.16. The Kier molecular flexibility index (Phi) is 5.29. The lowest BCUT2D eigenvalue weighted by molar-refractivity contribution is 0.312. The van der Waals surface area contributed by atoms with E-state index in [9.17, 15) is 25.6 Å². The number of sulfonamides is 1. The van der Waals surface area contributed by atoms with Crippen LogP contribution in [0.1, 0.15) is 13.8 Å². The van der Waals surface area contributed by atoms with Crippen molar-refractivity contribution in [2.75, 3.05) is 12.4 Å². The van der Waals surface area contributed by atoms with Crippen LogP contribution in [0.5, 0.6) is 5.75 Å². The van der Waals surface area contributed by atoms with Gasteiger partial charge in [0, 0.05) is 0 Å². The third-order valence-electron chi connectivity index (χ3n) is 2.66. The molecule has 10 heteroatoms. The highest BCUT2D eigenvalue weighted by Crippen LogP contribution is 2.25. The molecule has 0 unspecified atom stereocenters. The molecule has 0 heterocycles. The van der Waals surface area contributed by atoms with Crippen molar-refractivity contribution in [3.63, 3.8) is 0 Å². The maximum atomic E-state index is 13.6. The predicted molar refractivity (Wildman–Crippen MR) is 72.1 cm³/mol. The largest absolute Gasteiger partial charge is 0.489 e. The van der Waals surface area contributed by atoms with E-state index in [-0.39, 0.29) is 12.4 Å². The van der Waals surface area contributed by atoms with E-state index in [4.69, 9.17) is 9.88 Å². The molecular weight excluding hydrogens is 328 g/mol. The lowest BCUT2D eigenvalue weighted by atomic mass is 10.3. The topological polar surface area (TPSA) is 104 Å². The first-order valence-electron chi connectivity index (χ1n) is 5.82. The summed E-state index contributed by atoms with van der Waals surface area (Å²) in [7, 11) is -7.77. The maximum absolute atomic E-state index is 13.6. The number of nitrogens with two attached hydrogens (primary N) is 1. The fraction of sp³-hybridized carbons (Fsp3) is 0.455. The molecule has 0 atom stereocenters. The molecule has 120 valence electrons. The van der Waals surface area contributed by atoms with Crippen LogP contribution in [0.3, 0.4) is 0 Å². The first-order valence-corrected chi connectivity index (χ1v) is 9.08. The van der Waals surface area contributed by atoms with Crippen LogP contribution in [-0.4, -0.2) is 34.4 Å². The van der Waals surface area contributed by atoms with Gasteiger partial charge in [-0.05, 0) is 26.0 Å². The zero-order valence-electron chi connectivity index (χ0n) is 11.3. The van der Waals surface area contributed by atoms with Gasteiger partial charge < -0.3 is 4.74 Å². The normalized spacial score (nSPS) is 12.7. The van der Waals surface area contributed by atoms with Gasteiger partial charge in [-0.2, -0.15) is 4.39 Å². The summed E-state index contributed by atoms with van der Waals surface area (Å²) in [6, 6.07) is 1.63. The van der Waals surface area contributed by atoms with Gasteiger partial charge in [0.1, 0.15) is 11.5 Å². The fourth-order valence-corrected chi connectivity index (χ4v) is 2.73. The molecule has 0 saturated heterocycles. The van der Waals surface area contributed by atoms with E-state index in [1.807, 2.05) is 0 Å². The Morgan fingerprint density at radius 1 is 1.14 bits per heavy atom. The van der Waals surface area contributed by atoms with Crippen molar-refractivity contribution in [2.45, 2.75) is 24.0 Å². The summed E-state index contributed by atoms with van der Waals surface area (Å²) in [5.41, 5.74) is 0. The fourth-order valence-electron chi connectivity index (χ4n) is 1.35. The molecule has 1 aromatic rings. The number of halogens is 2. The lowest BCUT2D eigenvalue weighted by Gasteiger charge is -2.11. The van der Waals surface area contributed by atoms with Crippen molar-refractivity contribution in [1.82, 2.24) is 0 Å². The Labute approximate surface area is 121 Å². The zero-order valence-corrected chi connectivity index (χ0v) is 13.0. The molecule has 0 aliphatic carbocycles. The van der Waals surface area contributed by atoms with Crippen molar-refractivity contribution in [1.29, 1.82) is 0 Å². The first-order chi connectivity index (χ1) is 9.47. The van der Waals surface area contributed by atoms with Crippen LogP contribution in [0.15, 0.2) is 17.0 Å². The highest BCUT2D eigenvalue weighted by atomic mass is 32.2. The summed E-state index contributed by atoms with van der Waals surface area (Å²) in [5, 5.41) is 4.09. The second-order valence-corrected chi connectivity index (χ2v) is 8.71. The van der Waals surface area contributed by atoms with E-state index in [2.05, 4.69) is 0 Å². The van der Waals surface area contributed by atoms with E-state index in [0.29, 0.717) is 0 Å². The number of sulfone groups is 1. The second kappa shape index (κ2) is 6.24. The molecule has 0 spiro atoms. The van der Waals surface area contributed by atoms with Gasteiger partial charge >= 0.3 is 0 Å². The van der Waals surface area contributed by atoms with Crippen molar-refractivity contribution in [2.24, 2.45) is 5.14 Å². The third kappa shape index (κ3) is 4.35. The molecule has 2 N–H and O–H groups in total. The van der Waals surface area contributed by atoms with Gasteiger partial charge in [-0.15, -0.1) is 0 Å². The SMILES string of the molecule is CC(C)S(=O)(=O)CCOc1ccc(S(N)(=O)=O)c(F)c1F.